The number of aromatic nitrogens is 1. The Hall–Kier alpha value is -3.26. The number of nitrogens with zero attached hydrogens (tertiary/aromatic N) is 4. The summed E-state index contributed by atoms with van der Waals surface area (Å²) in [5, 5.41) is 8.49. The molecule has 3 heterocycles. The maximum absolute atomic E-state index is 12.6. The van der Waals surface area contributed by atoms with Crippen LogP contribution in [0.2, 0.25) is 0 Å². The van der Waals surface area contributed by atoms with Crippen molar-refractivity contribution in [3.05, 3.63) is 54.2 Å². The van der Waals surface area contributed by atoms with E-state index in [-0.39, 0.29) is 18.2 Å². The summed E-state index contributed by atoms with van der Waals surface area (Å²) < 4.78 is 5.35. The highest BCUT2D eigenvalue weighted by atomic mass is 16.5. The zero-order chi connectivity index (χ0) is 20.1. The highest BCUT2D eigenvalue weighted by Crippen LogP contribution is 2.17. The largest absolute Gasteiger partial charge is 0.378 e. The molecule has 0 aliphatic carbocycles. The normalized spacial score (nSPS) is 17.1. The third kappa shape index (κ3) is 4.78. The van der Waals surface area contributed by atoms with Crippen molar-refractivity contribution in [2.45, 2.75) is 19.4 Å². The molecule has 4 rings (SSSR count). The minimum absolute atomic E-state index is 0.0815. The zero-order valence-corrected chi connectivity index (χ0v) is 16.1. The van der Waals surface area contributed by atoms with Crippen LogP contribution in [0.3, 0.4) is 0 Å². The van der Waals surface area contributed by atoms with Crippen molar-refractivity contribution in [2.75, 3.05) is 36.5 Å². The minimum atomic E-state index is -0.309. The Morgan fingerprint density at radius 2 is 1.86 bits per heavy atom. The van der Waals surface area contributed by atoms with Crippen LogP contribution in [-0.4, -0.2) is 53.8 Å². The van der Waals surface area contributed by atoms with Gasteiger partial charge in [0.15, 0.2) is 0 Å². The van der Waals surface area contributed by atoms with Crippen molar-refractivity contribution in [3.8, 4) is 0 Å². The lowest BCUT2D eigenvalue weighted by molar-refractivity contribution is -0.132. The van der Waals surface area contributed by atoms with E-state index in [1.54, 1.807) is 6.20 Å². The summed E-state index contributed by atoms with van der Waals surface area (Å²) in [6, 6.07) is 13.3. The molecule has 8 heteroatoms. The fourth-order valence-corrected chi connectivity index (χ4v) is 3.29. The average molecular weight is 393 g/mol. The van der Waals surface area contributed by atoms with Gasteiger partial charge in [-0.15, -0.1) is 0 Å². The molecule has 1 N–H and O–H groups in total. The number of ether oxygens (including phenoxy) is 1. The number of carbonyl (C=O) groups excluding carboxylic acids is 2. The monoisotopic (exact) mass is 393 g/mol. The zero-order valence-electron chi connectivity index (χ0n) is 16.1. The van der Waals surface area contributed by atoms with E-state index in [2.05, 4.69) is 20.3 Å². The molecule has 1 saturated heterocycles. The molecule has 1 aromatic heterocycles. The first-order valence-corrected chi connectivity index (χ1v) is 9.71. The van der Waals surface area contributed by atoms with E-state index >= 15 is 0 Å². The van der Waals surface area contributed by atoms with Crippen molar-refractivity contribution in [3.63, 3.8) is 0 Å². The van der Waals surface area contributed by atoms with Gasteiger partial charge in [0.1, 0.15) is 11.5 Å². The van der Waals surface area contributed by atoms with Crippen LogP contribution in [0.5, 0.6) is 0 Å². The number of nitrogens with one attached hydrogen (secondary N) is 1. The van der Waals surface area contributed by atoms with Crippen molar-refractivity contribution < 1.29 is 14.3 Å². The Bertz CT molecular complexity index is 892. The summed E-state index contributed by atoms with van der Waals surface area (Å²) in [5.41, 5.74) is 1.91. The number of hydrogen-bond donors (Lipinski definition) is 1. The summed E-state index contributed by atoms with van der Waals surface area (Å²) in [5.74, 6) is 0.472. The molecule has 0 spiro atoms. The number of hydrazone groups is 1. The molecule has 0 unspecified atom stereocenters. The van der Waals surface area contributed by atoms with Crippen LogP contribution in [-0.2, 0) is 20.9 Å². The topological polar surface area (TPSA) is 87.1 Å². The van der Waals surface area contributed by atoms with E-state index in [1.807, 2.05) is 42.5 Å². The highest BCUT2D eigenvalue weighted by Gasteiger charge is 2.24. The minimum Gasteiger partial charge on any atom is -0.378 e. The summed E-state index contributed by atoms with van der Waals surface area (Å²) in [6.45, 7) is 3.35. The summed E-state index contributed by atoms with van der Waals surface area (Å²) in [6.07, 6.45) is 2.24. The van der Waals surface area contributed by atoms with Gasteiger partial charge >= 0.3 is 0 Å². The molecule has 0 saturated carbocycles. The van der Waals surface area contributed by atoms with Crippen LogP contribution >= 0.6 is 0 Å². The quantitative estimate of drug-likeness (QED) is 0.840. The smallest absolute Gasteiger partial charge is 0.271 e. The second-order valence-electron chi connectivity index (χ2n) is 6.94. The van der Waals surface area contributed by atoms with Crippen LogP contribution in [0, 0.1) is 0 Å². The van der Waals surface area contributed by atoms with Gasteiger partial charge in [-0.3, -0.25) is 9.59 Å². The second-order valence-corrected chi connectivity index (χ2v) is 6.94. The molecule has 2 amide bonds. The molecule has 1 aromatic carbocycles. The SMILES string of the molecule is O=C(Nc1ccc(N2CCOCC2)nc1)C1=NN(Cc2ccccc2)C(=O)CC1. The molecule has 150 valence electrons. The first-order chi connectivity index (χ1) is 14.2. The number of carbonyl (C=O) groups is 2. The van der Waals surface area contributed by atoms with Crippen molar-refractivity contribution >= 4 is 29.0 Å². The number of rotatable bonds is 5. The predicted octanol–water partition coefficient (Wildman–Crippen LogP) is 2.04. The van der Waals surface area contributed by atoms with E-state index < -0.39 is 0 Å². The van der Waals surface area contributed by atoms with Crippen LogP contribution in [0.1, 0.15) is 18.4 Å². The van der Waals surface area contributed by atoms with Gasteiger partial charge in [0.25, 0.3) is 5.91 Å². The van der Waals surface area contributed by atoms with Gasteiger partial charge in [-0.1, -0.05) is 30.3 Å². The lowest BCUT2D eigenvalue weighted by atomic mass is 10.1. The van der Waals surface area contributed by atoms with Crippen LogP contribution in [0.25, 0.3) is 0 Å². The number of benzene rings is 1. The Balaban J connectivity index is 1.40. The lowest BCUT2D eigenvalue weighted by Gasteiger charge is -2.27. The molecule has 2 aliphatic rings. The first-order valence-electron chi connectivity index (χ1n) is 9.71. The second kappa shape index (κ2) is 8.83. The van der Waals surface area contributed by atoms with Crippen molar-refractivity contribution in [2.24, 2.45) is 5.10 Å². The third-order valence-corrected chi connectivity index (χ3v) is 4.88. The Morgan fingerprint density at radius 1 is 1.07 bits per heavy atom. The van der Waals surface area contributed by atoms with E-state index in [0.717, 1.165) is 24.5 Å². The molecule has 0 bridgehead atoms. The number of anilines is 2. The molecular weight excluding hydrogens is 370 g/mol. The van der Waals surface area contributed by atoms with Gasteiger partial charge in [-0.05, 0) is 17.7 Å². The van der Waals surface area contributed by atoms with Gasteiger partial charge in [0, 0.05) is 25.9 Å². The highest BCUT2D eigenvalue weighted by molar-refractivity contribution is 6.43. The first kappa shape index (κ1) is 19.1. The number of morpholine rings is 1. The summed E-state index contributed by atoms with van der Waals surface area (Å²) in [4.78, 5) is 31.4. The predicted molar refractivity (Wildman–Crippen MR) is 110 cm³/mol. The van der Waals surface area contributed by atoms with Crippen LogP contribution < -0.4 is 10.2 Å². The fraction of sp³-hybridized carbons (Fsp3) is 0.333. The lowest BCUT2D eigenvalue weighted by Crippen LogP contribution is -2.37. The van der Waals surface area contributed by atoms with E-state index in [1.165, 1.54) is 5.01 Å². The Morgan fingerprint density at radius 3 is 2.59 bits per heavy atom. The molecule has 29 heavy (non-hydrogen) atoms. The molecule has 0 radical (unpaired) electrons. The van der Waals surface area contributed by atoms with Gasteiger partial charge < -0.3 is 15.0 Å². The van der Waals surface area contributed by atoms with Crippen LogP contribution in [0.15, 0.2) is 53.8 Å². The van der Waals surface area contributed by atoms with Gasteiger partial charge in [-0.2, -0.15) is 5.10 Å². The number of amides is 2. The van der Waals surface area contributed by atoms with Crippen molar-refractivity contribution in [1.29, 1.82) is 0 Å². The molecule has 2 aliphatic heterocycles. The standard InChI is InChI=1S/C21H23N5O3/c27-20-9-7-18(24-26(20)15-16-4-2-1-3-5-16)21(28)23-17-6-8-19(22-14-17)25-10-12-29-13-11-25/h1-6,8,14H,7,9-13,15H2,(H,23,28). The molecule has 0 atom stereocenters. The molecule has 2 aromatic rings. The van der Waals surface area contributed by atoms with Gasteiger partial charge in [0.2, 0.25) is 5.91 Å². The maximum Gasteiger partial charge on any atom is 0.271 e. The number of hydrogen-bond acceptors (Lipinski definition) is 6. The van der Waals surface area contributed by atoms with Crippen molar-refractivity contribution in [1.82, 2.24) is 9.99 Å². The maximum atomic E-state index is 12.6. The summed E-state index contributed by atoms with van der Waals surface area (Å²) >= 11 is 0. The molecule has 8 nitrogen and oxygen atoms in total. The van der Waals surface area contributed by atoms with Gasteiger partial charge in [0.05, 0.1) is 31.6 Å². The third-order valence-electron chi connectivity index (χ3n) is 4.88. The Kier molecular flexibility index (Phi) is 5.81. The van der Waals surface area contributed by atoms with E-state index in [0.29, 0.717) is 37.6 Å². The fourth-order valence-electron chi connectivity index (χ4n) is 3.29. The van der Waals surface area contributed by atoms with E-state index in [4.69, 9.17) is 4.74 Å². The summed E-state index contributed by atoms with van der Waals surface area (Å²) in [7, 11) is 0. The van der Waals surface area contributed by atoms with E-state index in [9.17, 15) is 9.59 Å². The Labute approximate surface area is 169 Å². The average Bonchev–Trinajstić information content (AvgIpc) is 2.77. The molecular formula is C21H23N5O3. The number of pyridine rings is 1. The molecule has 1 fully saturated rings. The van der Waals surface area contributed by atoms with Crippen LogP contribution in [0.4, 0.5) is 11.5 Å². The van der Waals surface area contributed by atoms with Gasteiger partial charge in [-0.25, -0.2) is 9.99 Å².